The van der Waals surface area contributed by atoms with E-state index in [-0.39, 0.29) is 6.04 Å². The monoisotopic (exact) mass is 458 g/mol. The summed E-state index contributed by atoms with van der Waals surface area (Å²) in [6.45, 7) is 2.25. The van der Waals surface area contributed by atoms with E-state index < -0.39 is 10.0 Å². The van der Waals surface area contributed by atoms with Gasteiger partial charge in [-0.3, -0.25) is 4.90 Å². The molecule has 1 aromatic heterocycles. The van der Waals surface area contributed by atoms with Gasteiger partial charge in [-0.25, -0.2) is 13.1 Å². The van der Waals surface area contributed by atoms with Crippen molar-refractivity contribution in [3.63, 3.8) is 0 Å². The highest BCUT2D eigenvalue weighted by Crippen LogP contribution is 2.32. The third-order valence-corrected chi connectivity index (χ3v) is 8.15. The molecule has 1 aliphatic rings. The number of thiophene rings is 1. The number of ether oxygens (including phenoxy) is 1. The summed E-state index contributed by atoms with van der Waals surface area (Å²) in [6, 6.07) is 11.2. The summed E-state index contributed by atoms with van der Waals surface area (Å²) in [4.78, 5) is 2.36. The SMILES string of the molecule is COc1ccccc1C(CNS(=O)(=O)c1ccc(Br)s1)N1CCCCC1. The number of benzene rings is 1. The number of nitrogens with zero attached hydrogens (tertiary/aromatic N) is 1. The minimum absolute atomic E-state index is 0.0513. The maximum atomic E-state index is 12.6. The average molecular weight is 459 g/mol. The van der Waals surface area contributed by atoms with Gasteiger partial charge in [0, 0.05) is 12.1 Å². The fourth-order valence-corrected chi connectivity index (χ4v) is 6.40. The van der Waals surface area contributed by atoms with Crippen LogP contribution in [-0.4, -0.2) is 40.1 Å². The van der Waals surface area contributed by atoms with Gasteiger partial charge in [-0.2, -0.15) is 0 Å². The summed E-state index contributed by atoms with van der Waals surface area (Å²) < 4.78 is 34.7. The maximum absolute atomic E-state index is 12.6. The van der Waals surface area contributed by atoms with E-state index in [1.807, 2.05) is 24.3 Å². The molecule has 1 fully saturated rings. The predicted molar refractivity (Wildman–Crippen MR) is 108 cm³/mol. The van der Waals surface area contributed by atoms with Crippen LogP contribution in [0.3, 0.4) is 0 Å². The highest BCUT2D eigenvalue weighted by molar-refractivity contribution is 9.11. The zero-order chi connectivity index (χ0) is 18.6. The van der Waals surface area contributed by atoms with Crippen molar-refractivity contribution in [2.75, 3.05) is 26.7 Å². The number of rotatable bonds is 7. The van der Waals surface area contributed by atoms with Gasteiger partial charge >= 0.3 is 0 Å². The molecule has 3 rings (SSSR count). The van der Waals surface area contributed by atoms with Crippen molar-refractivity contribution >= 4 is 37.3 Å². The lowest BCUT2D eigenvalue weighted by Gasteiger charge is -2.35. The van der Waals surface area contributed by atoms with Crippen LogP contribution < -0.4 is 9.46 Å². The molecule has 26 heavy (non-hydrogen) atoms. The third kappa shape index (κ3) is 4.67. The lowest BCUT2D eigenvalue weighted by Crippen LogP contribution is -2.40. The lowest BCUT2D eigenvalue weighted by molar-refractivity contribution is 0.162. The number of piperidine rings is 1. The van der Waals surface area contributed by atoms with Gasteiger partial charge in [0.2, 0.25) is 10.0 Å². The van der Waals surface area contributed by atoms with E-state index in [9.17, 15) is 8.42 Å². The number of likely N-dealkylation sites (tertiary alicyclic amines) is 1. The summed E-state index contributed by atoms with van der Waals surface area (Å²) in [5.74, 6) is 0.793. The van der Waals surface area contributed by atoms with Gasteiger partial charge in [-0.05, 0) is 60.1 Å². The molecule has 2 heterocycles. The van der Waals surface area contributed by atoms with Gasteiger partial charge in [0.1, 0.15) is 9.96 Å². The summed E-state index contributed by atoms with van der Waals surface area (Å²) in [7, 11) is -1.88. The first-order valence-electron chi connectivity index (χ1n) is 8.63. The normalized spacial score (nSPS) is 17.2. The van der Waals surface area contributed by atoms with Gasteiger partial charge in [0.25, 0.3) is 0 Å². The molecule has 1 unspecified atom stereocenters. The van der Waals surface area contributed by atoms with Crippen LogP contribution in [-0.2, 0) is 10.0 Å². The Bertz CT molecular complexity index is 832. The van der Waals surface area contributed by atoms with E-state index in [1.54, 1.807) is 19.2 Å². The van der Waals surface area contributed by atoms with Gasteiger partial charge in [-0.15, -0.1) is 11.3 Å². The molecule has 1 atom stereocenters. The first-order valence-corrected chi connectivity index (χ1v) is 11.7. The highest BCUT2D eigenvalue weighted by Gasteiger charge is 2.27. The molecule has 0 radical (unpaired) electrons. The van der Waals surface area contributed by atoms with Crippen molar-refractivity contribution in [3.8, 4) is 5.75 Å². The number of para-hydroxylation sites is 1. The summed E-state index contributed by atoms with van der Waals surface area (Å²) in [5.41, 5.74) is 1.02. The van der Waals surface area contributed by atoms with Crippen molar-refractivity contribution in [1.29, 1.82) is 0 Å². The van der Waals surface area contributed by atoms with Gasteiger partial charge in [0.05, 0.1) is 16.9 Å². The molecule has 2 aromatic rings. The molecule has 0 aliphatic carbocycles. The second kappa shape index (κ2) is 8.84. The molecule has 0 spiro atoms. The minimum atomic E-state index is -3.53. The van der Waals surface area contributed by atoms with Crippen LogP contribution in [0.25, 0.3) is 0 Å². The van der Waals surface area contributed by atoms with Gasteiger partial charge in [0.15, 0.2) is 0 Å². The molecule has 0 bridgehead atoms. The van der Waals surface area contributed by atoms with E-state index in [0.29, 0.717) is 10.8 Å². The van der Waals surface area contributed by atoms with Gasteiger partial charge < -0.3 is 4.74 Å². The molecule has 0 amide bonds. The molecule has 1 saturated heterocycles. The highest BCUT2D eigenvalue weighted by atomic mass is 79.9. The molecule has 8 heteroatoms. The standard InChI is InChI=1S/C18H23BrN2O3S2/c1-24-16-8-4-3-7-14(16)15(21-11-5-2-6-12-21)13-20-26(22,23)18-10-9-17(19)25-18/h3-4,7-10,15,20H,2,5-6,11-13H2,1H3. The minimum Gasteiger partial charge on any atom is -0.496 e. The first-order chi connectivity index (χ1) is 12.5. The Hall–Kier alpha value is -0.930. The molecule has 5 nitrogen and oxygen atoms in total. The Kier molecular flexibility index (Phi) is 6.74. The Morgan fingerprint density at radius 1 is 1.19 bits per heavy atom. The number of nitrogens with one attached hydrogen (secondary N) is 1. The van der Waals surface area contributed by atoms with Crippen LogP contribution >= 0.6 is 27.3 Å². The molecule has 1 aliphatic heterocycles. The molecule has 1 N–H and O–H groups in total. The maximum Gasteiger partial charge on any atom is 0.250 e. The number of methoxy groups -OCH3 is 1. The summed E-state index contributed by atoms with van der Waals surface area (Å²) >= 11 is 4.54. The molecule has 142 valence electrons. The van der Waals surface area contributed by atoms with Crippen LogP contribution in [0.1, 0.15) is 30.9 Å². The topological polar surface area (TPSA) is 58.6 Å². The largest absolute Gasteiger partial charge is 0.496 e. The van der Waals surface area contributed by atoms with E-state index in [4.69, 9.17) is 4.74 Å². The second-order valence-electron chi connectivity index (χ2n) is 6.26. The Morgan fingerprint density at radius 2 is 1.92 bits per heavy atom. The van der Waals surface area contributed by atoms with Crippen molar-refractivity contribution < 1.29 is 13.2 Å². The van der Waals surface area contributed by atoms with Crippen LogP contribution in [0.4, 0.5) is 0 Å². The number of halogens is 1. The Balaban J connectivity index is 1.84. The number of hydrogen-bond donors (Lipinski definition) is 1. The van der Waals surface area contributed by atoms with Crippen molar-refractivity contribution in [1.82, 2.24) is 9.62 Å². The van der Waals surface area contributed by atoms with E-state index >= 15 is 0 Å². The number of hydrogen-bond acceptors (Lipinski definition) is 5. The van der Waals surface area contributed by atoms with Crippen LogP contribution in [0.2, 0.25) is 0 Å². The first kappa shape index (κ1) is 19.8. The van der Waals surface area contributed by atoms with E-state index in [1.165, 1.54) is 17.8 Å². The summed E-state index contributed by atoms with van der Waals surface area (Å²) in [6.07, 6.45) is 3.50. The third-order valence-electron chi connectivity index (χ3n) is 4.61. The van der Waals surface area contributed by atoms with Gasteiger partial charge in [-0.1, -0.05) is 24.6 Å². The fraction of sp³-hybridized carbons (Fsp3) is 0.444. The number of sulfonamides is 1. The summed E-state index contributed by atoms with van der Waals surface area (Å²) in [5, 5.41) is 0. The lowest BCUT2D eigenvalue weighted by atomic mass is 10.0. The second-order valence-corrected chi connectivity index (χ2v) is 10.7. The average Bonchev–Trinajstić information content (AvgIpc) is 3.10. The van der Waals surface area contributed by atoms with Crippen molar-refractivity contribution in [2.45, 2.75) is 29.5 Å². The smallest absolute Gasteiger partial charge is 0.250 e. The zero-order valence-electron chi connectivity index (χ0n) is 14.7. The van der Waals surface area contributed by atoms with Crippen molar-refractivity contribution in [2.24, 2.45) is 0 Å². The predicted octanol–water partition coefficient (Wildman–Crippen LogP) is 4.02. The zero-order valence-corrected chi connectivity index (χ0v) is 17.9. The van der Waals surface area contributed by atoms with Crippen LogP contribution in [0.5, 0.6) is 5.75 Å². The van der Waals surface area contributed by atoms with Crippen LogP contribution in [0, 0.1) is 0 Å². The quantitative estimate of drug-likeness (QED) is 0.680. The Morgan fingerprint density at radius 3 is 2.58 bits per heavy atom. The fourth-order valence-electron chi connectivity index (χ4n) is 3.31. The van der Waals surface area contributed by atoms with E-state index in [0.717, 1.165) is 41.0 Å². The molecule has 1 aromatic carbocycles. The van der Waals surface area contributed by atoms with Crippen molar-refractivity contribution in [3.05, 3.63) is 45.7 Å². The van der Waals surface area contributed by atoms with E-state index in [2.05, 4.69) is 25.6 Å². The molecular weight excluding hydrogens is 436 g/mol. The van der Waals surface area contributed by atoms with Crippen LogP contribution in [0.15, 0.2) is 44.4 Å². The molecular formula is C18H23BrN2O3S2. The Labute approximate surface area is 167 Å². The molecule has 0 saturated carbocycles.